The van der Waals surface area contributed by atoms with Crippen LogP contribution in [-0.2, 0) is 0 Å². The van der Waals surface area contributed by atoms with Gasteiger partial charge in [0.1, 0.15) is 0 Å². The first-order valence-corrected chi connectivity index (χ1v) is 4.31. The molecule has 0 radical (unpaired) electrons. The van der Waals surface area contributed by atoms with E-state index in [1.165, 1.54) is 13.2 Å². The van der Waals surface area contributed by atoms with Crippen molar-refractivity contribution in [2.75, 3.05) is 0 Å². The van der Waals surface area contributed by atoms with Crippen molar-refractivity contribution >= 4 is 35.3 Å². The van der Waals surface area contributed by atoms with Gasteiger partial charge in [0, 0.05) is 6.92 Å². The molecule has 0 aliphatic carbocycles. The average molecular weight is 197 g/mol. The Morgan fingerprint density at radius 3 is 2.50 bits per heavy atom. The number of furan rings is 1. The molecule has 1 heterocycles. The van der Waals surface area contributed by atoms with Gasteiger partial charge in [-0.2, -0.15) is 0 Å². The van der Waals surface area contributed by atoms with E-state index in [1.807, 2.05) is 15.8 Å². The molecule has 0 aromatic carbocycles. The molecule has 1 rings (SSSR count). The molecular formula is C6H6BrLiO2. The third kappa shape index (κ3) is 3.26. The van der Waals surface area contributed by atoms with Gasteiger partial charge in [0.05, 0.1) is 6.26 Å². The van der Waals surface area contributed by atoms with E-state index in [0.29, 0.717) is 5.76 Å². The number of rotatable bonds is 1. The van der Waals surface area contributed by atoms with E-state index >= 15 is 0 Å². The fraction of sp³-hybridized carbons (Fsp3) is 0.167. The number of hydrogen-bond acceptors (Lipinski definition) is 2. The Kier molecular flexibility index (Phi) is 5.80. The van der Waals surface area contributed by atoms with Crippen molar-refractivity contribution in [3.8, 4) is 0 Å². The Bertz CT molecular complexity index is 184. The summed E-state index contributed by atoms with van der Waals surface area (Å²) in [4.78, 5) is 10.4. The summed E-state index contributed by atoms with van der Waals surface area (Å²) >= 11 is 4.75. The van der Waals surface area contributed by atoms with Gasteiger partial charge in [0.15, 0.2) is 11.5 Å². The van der Waals surface area contributed by atoms with Crippen molar-refractivity contribution < 1.29 is 9.21 Å². The molecule has 0 amide bonds. The first-order valence-electron chi connectivity index (χ1n) is 2.73. The number of carbonyl (C=O) groups is 1. The van der Waals surface area contributed by atoms with Gasteiger partial charge in [0.2, 0.25) is 0 Å². The van der Waals surface area contributed by atoms with E-state index in [2.05, 4.69) is 13.7 Å². The van der Waals surface area contributed by atoms with Crippen LogP contribution in [0.25, 0.3) is 0 Å². The first-order chi connectivity index (χ1) is 4.80. The van der Waals surface area contributed by atoms with Crippen molar-refractivity contribution in [2.45, 2.75) is 6.92 Å². The SMILES string of the molecule is CC(=O)c1ccco1.[Li][Br]. The molecule has 0 spiro atoms. The van der Waals surface area contributed by atoms with Gasteiger partial charge < -0.3 is 4.42 Å². The molecule has 0 saturated carbocycles. The Labute approximate surface area is 75.6 Å². The second-order valence-electron chi connectivity index (χ2n) is 1.53. The molecular weight excluding hydrogens is 191 g/mol. The predicted molar refractivity (Wildman–Crippen MR) is 43.4 cm³/mol. The molecule has 0 aliphatic heterocycles. The summed E-state index contributed by atoms with van der Waals surface area (Å²) in [6, 6.07) is 3.33. The number of halogens is 1. The first kappa shape index (κ1) is 10.0. The van der Waals surface area contributed by atoms with Gasteiger partial charge in [-0.25, -0.2) is 0 Å². The molecule has 2 nitrogen and oxygen atoms in total. The number of Topliss-reactive ketones (excluding diaryl/α,β-unsaturated/α-hetero) is 1. The number of ketones is 1. The zero-order valence-electron chi connectivity index (χ0n) is 5.93. The van der Waals surface area contributed by atoms with Crippen molar-refractivity contribution in [2.24, 2.45) is 0 Å². The van der Waals surface area contributed by atoms with E-state index in [-0.39, 0.29) is 5.78 Å². The van der Waals surface area contributed by atoms with Gasteiger partial charge in [-0.1, -0.05) is 0 Å². The Morgan fingerprint density at radius 2 is 2.30 bits per heavy atom. The van der Waals surface area contributed by atoms with Crippen LogP contribution in [0, 0.1) is 0 Å². The maximum atomic E-state index is 10.4. The van der Waals surface area contributed by atoms with Crippen LogP contribution in [0.15, 0.2) is 22.8 Å². The van der Waals surface area contributed by atoms with Crippen LogP contribution in [0.3, 0.4) is 0 Å². The predicted octanol–water partition coefficient (Wildman–Crippen LogP) is 1.95. The van der Waals surface area contributed by atoms with E-state index in [9.17, 15) is 4.79 Å². The van der Waals surface area contributed by atoms with Crippen molar-refractivity contribution in [3.05, 3.63) is 24.2 Å². The molecule has 10 heavy (non-hydrogen) atoms. The minimum atomic E-state index is -0.0324. The topological polar surface area (TPSA) is 30.2 Å². The third-order valence-electron chi connectivity index (χ3n) is 0.868. The monoisotopic (exact) mass is 196 g/mol. The Hall–Kier alpha value is 0.0274. The Morgan fingerprint density at radius 1 is 1.70 bits per heavy atom. The molecule has 4 heteroatoms. The van der Waals surface area contributed by atoms with E-state index in [1.54, 1.807) is 12.1 Å². The zero-order valence-corrected chi connectivity index (χ0v) is 7.51. The van der Waals surface area contributed by atoms with Gasteiger partial charge in [-0.15, -0.1) is 0 Å². The van der Waals surface area contributed by atoms with Crippen LogP contribution >= 0.6 is 13.7 Å². The summed E-state index contributed by atoms with van der Waals surface area (Å²) in [6.45, 7) is 1.47. The van der Waals surface area contributed by atoms with Crippen molar-refractivity contribution in [3.63, 3.8) is 0 Å². The molecule has 0 aliphatic rings. The standard InChI is InChI=1S/C6H6O2.BrH.Li/c1-5(7)6-3-2-4-8-6;;/h2-4H,1H3;1H;/q;;+1/p-1. The fourth-order valence-electron chi connectivity index (χ4n) is 0.479. The van der Waals surface area contributed by atoms with Crippen LogP contribution in [0.1, 0.15) is 17.5 Å². The second kappa shape index (κ2) is 5.79. The van der Waals surface area contributed by atoms with Crippen LogP contribution in [0.4, 0.5) is 0 Å². The fourth-order valence-corrected chi connectivity index (χ4v) is 0.479. The minimum absolute atomic E-state index is 0.0324. The molecule has 1 aromatic heterocycles. The summed E-state index contributed by atoms with van der Waals surface area (Å²) in [5, 5.41) is 0. The van der Waals surface area contributed by atoms with Gasteiger partial charge in [0.25, 0.3) is 0 Å². The second-order valence-corrected chi connectivity index (χ2v) is 1.53. The molecule has 0 atom stereocenters. The van der Waals surface area contributed by atoms with Crippen LogP contribution in [0.2, 0.25) is 0 Å². The quantitative estimate of drug-likeness (QED) is 0.508. The van der Waals surface area contributed by atoms with Gasteiger partial charge in [-0.3, -0.25) is 4.79 Å². The molecule has 0 fully saturated rings. The molecule has 0 N–H and O–H groups in total. The molecule has 1 aromatic rings. The third-order valence-corrected chi connectivity index (χ3v) is 0.868. The molecule has 50 valence electrons. The maximum absolute atomic E-state index is 10.4. The van der Waals surface area contributed by atoms with E-state index in [0.717, 1.165) is 0 Å². The number of carbonyl (C=O) groups excluding carboxylic acids is 1. The molecule has 0 saturated heterocycles. The molecule has 0 bridgehead atoms. The summed E-state index contributed by atoms with van der Waals surface area (Å²) in [6.07, 6.45) is 1.48. The Balaban J connectivity index is 0.000000371. The molecule has 0 unspecified atom stereocenters. The van der Waals surface area contributed by atoms with E-state index in [4.69, 9.17) is 4.42 Å². The van der Waals surface area contributed by atoms with Crippen LogP contribution < -0.4 is 0 Å². The summed E-state index contributed by atoms with van der Waals surface area (Å²) < 4.78 is 4.75. The van der Waals surface area contributed by atoms with Crippen molar-refractivity contribution in [1.29, 1.82) is 0 Å². The van der Waals surface area contributed by atoms with Gasteiger partial charge in [-0.05, 0) is 12.1 Å². The zero-order chi connectivity index (χ0) is 7.98. The summed E-state index contributed by atoms with van der Waals surface area (Å²) in [5.41, 5.74) is 0. The van der Waals surface area contributed by atoms with Gasteiger partial charge >= 0.3 is 29.5 Å². The van der Waals surface area contributed by atoms with Crippen LogP contribution in [0.5, 0.6) is 0 Å². The summed E-state index contributed by atoms with van der Waals surface area (Å²) in [7, 11) is 0. The van der Waals surface area contributed by atoms with E-state index < -0.39 is 0 Å². The number of hydrogen-bond donors (Lipinski definition) is 0. The normalized spacial score (nSPS) is 8.00. The van der Waals surface area contributed by atoms with Crippen LogP contribution in [-0.4, -0.2) is 21.6 Å². The average Bonchev–Trinajstić information content (AvgIpc) is 2.42. The summed E-state index contributed by atoms with van der Waals surface area (Å²) in [5.74, 6) is 0.389. The van der Waals surface area contributed by atoms with Crippen molar-refractivity contribution in [1.82, 2.24) is 0 Å².